The van der Waals surface area contributed by atoms with Gasteiger partial charge in [-0.1, -0.05) is 60.7 Å². The Balaban J connectivity index is 1.11. The topological polar surface area (TPSA) is 88.8 Å². The van der Waals surface area contributed by atoms with Crippen LogP contribution in [0.5, 0.6) is 5.75 Å². The number of aromatic nitrogens is 3. The van der Waals surface area contributed by atoms with Crippen molar-refractivity contribution in [2.75, 3.05) is 24.1 Å². The lowest BCUT2D eigenvalue weighted by Gasteiger charge is -2.36. The van der Waals surface area contributed by atoms with E-state index in [0.29, 0.717) is 30.1 Å². The molecule has 2 aliphatic carbocycles. The number of nitrogens with one attached hydrogen (secondary N) is 1. The molecule has 3 atom stereocenters. The smallest absolute Gasteiger partial charge is 0.242 e. The lowest BCUT2D eigenvalue weighted by atomic mass is 9.92. The molecule has 3 fully saturated rings. The number of fused-ring (bicyclic) bond motifs is 3. The van der Waals surface area contributed by atoms with Crippen LogP contribution in [0, 0.1) is 11.8 Å². The van der Waals surface area contributed by atoms with Crippen LogP contribution < -0.4 is 9.46 Å². The minimum atomic E-state index is -3.45. The predicted molar refractivity (Wildman–Crippen MR) is 160 cm³/mol. The van der Waals surface area contributed by atoms with Crippen LogP contribution in [-0.2, 0) is 10.0 Å². The summed E-state index contributed by atoms with van der Waals surface area (Å²) in [6.45, 7) is 1.82. The Hall–Kier alpha value is -3.43. The number of benzene rings is 2. The van der Waals surface area contributed by atoms with E-state index < -0.39 is 10.0 Å². The van der Waals surface area contributed by atoms with Gasteiger partial charge in [0, 0.05) is 30.4 Å². The van der Waals surface area contributed by atoms with Gasteiger partial charge in [-0.2, -0.15) is 0 Å². The second kappa shape index (κ2) is 10.8. The minimum Gasteiger partial charge on any atom is -0.493 e. The highest BCUT2D eigenvalue weighted by atomic mass is 32.2. The number of pyridine rings is 1. The normalized spacial score (nSPS) is 23.1. The summed E-state index contributed by atoms with van der Waals surface area (Å²) in [7, 11) is -3.45. The summed E-state index contributed by atoms with van der Waals surface area (Å²) in [4.78, 5) is 2.76. The Morgan fingerprint density at radius 1 is 0.951 bits per heavy atom. The van der Waals surface area contributed by atoms with Gasteiger partial charge in [-0.05, 0) is 67.4 Å². The molecular weight excluding hydrogens is 534 g/mol. The van der Waals surface area contributed by atoms with E-state index in [9.17, 15) is 8.42 Å². The molecule has 8 nitrogen and oxygen atoms in total. The molecule has 9 heteroatoms. The first-order valence-electron chi connectivity index (χ1n) is 14.8. The van der Waals surface area contributed by atoms with Crippen molar-refractivity contribution in [3.63, 3.8) is 0 Å². The molecular formula is C32H37N5O3S. The predicted octanol–water partition coefficient (Wildman–Crippen LogP) is 5.64. The Labute approximate surface area is 241 Å². The van der Waals surface area contributed by atoms with Crippen molar-refractivity contribution in [3.05, 3.63) is 89.6 Å². The maximum Gasteiger partial charge on any atom is 0.242 e. The third-order valence-corrected chi connectivity index (χ3v) is 9.55. The molecule has 2 aromatic heterocycles. The number of nitrogens with zero attached hydrogens (tertiary/aromatic N) is 4. The molecule has 2 saturated carbocycles. The van der Waals surface area contributed by atoms with Crippen LogP contribution in [0.2, 0.25) is 0 Å². The van der Waals surface area contributed by atoms with E-state index in [2.05, 4.69) is 80.5 Å². The number of sulfonamides is 1. The number of ether oxygens (including phenoxy) is 1. The molecule has 1 N–H and O–H groups in total. The molecule has 3 heterocycles. The molecule has 0 amide bonds. The zero-order chi connectivity index (χ0) is 28.0. The van der Waals surface area contributed by atoms with Crippen LogP contribution in [-0.4, -0.2) is 53.4 Å². The van der Waals surface area contributed by atoms with Crippen molar-refractivity contribution in [3.8, 4) is 5.75 Å². The van der Waals surface area contributed by atoms with Crippen LogP contribution in [0.3, 0.4) is 0 Å². The van der Waals surface area contributed by atoms with Crippen LogP contribution in [0.1, 0.15) is 67.2 Å². The monoisotopic (exact) mass is 571 g/mol. The summed E-state index contributed by atoms with van der Waals surface area (Å²) >= 11 is 0. The minimum absolute atomic E-state index is 0.210. The summed E-state index contributed by atoms with van der Waals surface area (Å²) in [6, 6.07) is 24.6. The zero-order valence-corrected chi connectivity index (χ0v) is 24.2. The first kappa shape index (κ1) is 26.5. The third kappa shape index (κ3) is 5.70. The van der Waals surface area contributed by atoms with Gasteiger partial charge in [0.15, 0.2) is 5.65 Å². The van der Waals surface area contributed by atoms with Crippen LogP contribution in [0.25, 0.3) is 5.65 Å². The van der Waals surface area contributed by atoms with Crippen molar-refractivity contribution in [1.29, 1.82) is 0 Å². The van der Waals surface area contributed by atoms with Crippen molar-refractivity contribution in [2.45, 2.75) is 56.5 Å². The van der Waals surface area contributed by atoms with E-state index in [0.717, 1.165) is 49.3 Å². The summed E-state index contributed by atoms with van der Waals surface area (Å²) < 4.78 is 34.4. The van der Waals surface area contributed by atoms with Gasteiger partial charge in [0.25, 0.3) is 0 Å². The SMILES string of the molecule is CS(=O)(=O)Nc1nnc2cc(OC[C@H]3CCC4C[C@H](C3)N(C(c3ccccc3)c3ccccc3)C4)c(C3CC3)cn12. The van der Waals surface area contributed by atoms with Gasteiger partial charge < -0.3 is 4.74 Å². The molecule has 1 saturated heterocycles. The second-order valence-corrected chi connectivity index (χ2v) is 13.9. The molecule has 7 rings (SSSR count). The van der Waals surface area contributed by atoms with Crippen molar-refractivity contribution in [2.24, 2.45) is 11.8 Å². The number of likely N-dealkylation sites (tertiary alicyclic amines) is 1. The largest absolute Gasteiger partial charge is 0.493 e. The van der Waals surface area contributed by atoms with Gasteiger partial charge in [-0.3, -0.25) is 14.0 Å². The number of anilines is 1. The first-order valence-corrected chi connectivity index (χ1v) is 16.7. The molecule has 0 radical (unpaired) electrons. The molecule has 2 aromatic carbocycles. The van der Waals surface area contributed by atoms with E-state index in [1.54, 1.807) is 4.40 Å². The Bertz CT molecular complexity index is 1580. The summed E-state index contributed by atoms with van der Waals surface area (Å²) in [5.74, 6) is 2.69. The Morgan fingerprint density at radius 2 is 1.66 bits per heavy atom. The lowest BCUT2D eigenvalue weighted by Crippen LogP contribution is -2.37. The number of hydrogen-bond acceptors (Lipinski definition) is 6. The molecule has 2 bridgehead atoms. The van der Waals surface area contributed by atoms with Gasteiger partial charge in [-0.15, -0.1) is 10.2 Å². The summed E-state index contributed by atoms with van der Waals surface area (Å²) in [5, 5.41) is 8.28. The lowest BCUT2D eigenvalue weighted by molar-refractivity contribution is 0.140. The van der Waals surface area contributed by atoms with Gasteiger partial charge in [0.2, 0.25) is 16.0 Å². The molecule has 0 spiro atoms. The molecule has 41 heavy (non-hydrogen) atoms. The summed E-state index contributed by atoms with van der Waals surface area (Å²) in [6.07, 6.45) is 10.1. The highest BCUT2D eigenvalue weighted by molar-refractivity contribution is 7.92. The van der Waals surface area contributed by atoms with Gasteiger partial charge >= 0.3 is 0 Å². The van der Waals surface area contributed by atoms with Gasteiger partial charge in [0.1, 0.15) is 5.75 Å². The third-order valence-electron chi connectivity index (χ3n) is 9.00. The molecule has 1 unspecified atom stereocenters. The van der Waals surface area contributed by atoms with Crippen LogP contribution >= 0.6 is 0 Å². The van der Waals surface area contributed by atoms with Crippen molar-refractivity contribution < 1.29 is 13.2 Å². The molecule has 214 valence electrons. The molecule has 4 aromatic rings. The van der Waals surface area contributed by atoms with E-state index in [4.69, 9.17) is 4.74 Å². The van der Waals surface area contributed by atoms with Crippen LogP contribution in [0.4, 0.5) is 5.95 Å². The number of hydrogen-bond donors (Lipinski definition) is 1. The van der Waals surface area contributed by atoms with Gasteiger partial charge in [-0.25, -0.2) is 8.42 Å². The van der Waals surface area contributed by atoms with Crippen LogP contribution in [0.15, 0.2) is 72.9 Å². The molecule has 3 aliphatic rings. The van der Waals surface area contributed by atoms with E-state index in [-0.39, 0.29) is 12.0 Å². The van der Waals surface area contributed by atoms with Crippen molar-refractivity contribution >= 4 is 21.6 Å². The van der Waals surface area contributed by atoms with Gasteiger partial charge in [0.05, 0.1) is 18.9 Å². The van der Waals surface area contributed by atoms with E-state index in [1.165, 1.54) is 30.4 Å². The molecule has 1 aliphatic heterocycles. The second-order valence-electron chi connectivity index (χ2n) is 12.2. The first-order chi connectivity index (χ1) is 19.9. The average Bonchev–Trinajstić information content (AvgIpc) is 3.68. The van der Waals surface area contributed by atoms with E-state index in [1.807, 2.05) is 12.3 Å². The average molecular weight is 572 g/mol. The Kier molecular flexibility index (Phi) is 6.95. The quantitative estimate of drug-likeness (QED) is 0.280. The highest BCUT2D eigenvalue weighted by Gasteiger charge is 2.41. The van der Waals surface area contributed by atoms with Crippen molar-refractivity contribution in [1.82, 2.24) is 19.5 Å². The van der Waals surface area contributed by atoms with E-state index >= 15 is 0 Å². The maximum absolute atomic E-state index is 11.8. The fourth-order valence-electron chi connectivity index (χ4n) is 6.97. The number of rotatable bonds is 9. The maximum atomic E-state index is 11.8. The summed E-state index contributed by atoms with van der Waals surface area (Å²) in [5.41, 5.74) is 4.41. The fourth-order valence-corrected chi connectivity index (χ4v) is 7.44. The fraction of sp³-hybridized carbons (Fsp3) is 0.438. The highest BCUT2D eigenvalue weighted by Crippen LogP contribution is 2.46. The Morgan fingerprint density at radius 3 is 2.32 bits per heavy atom. The zero-order valence-electron chi connectivity index (χ0n) is 23.4. The standard InChI is InChI=1S/C32H37N5O3S/c1-41(38,39)35-32-34-33-30-18-29(28(20-37(30)32)24-14-15-24)40-21-23-13-12-22-16-27(17-23)36(19-22)31(25-8-4-2-5-9-25)26-10-6-3-7-11-26/h2-11,18,20,22-24,27,31H,12-17,19,21H2,1H3,(H,34,35)/t22?,23-,27+/m0/s1.